The van der Waals surface area contributed by atoms with Gasteiger partial charge in [-0.15, -0.1) is 0 Å². The largest absolute Gasteiger partial charge is 0.416 e. The quantitative estimate of drug-likeness (QED) is 0.286. The molecular formula is C23H20F4N4O3S. The summed E-state index contributed by atoms with van der Waals surface area (Å²) in [5, 5.41) is 11.4. The van der Waals surface area contributed by atoms with Crippen LogP contribution in [0.3, 0.4) is 0 Å². The van der Waals surface area contributed by atoms with Crippen molar-refractivity contribution in [1.29, 1.82) is 0 Å². The molecule has 3 aromatic rings. The molecule has 1 aromatic heterocycles. The number of benzene rings is 2. The third-order valence-electron chi connectivity index (χ3n) is 6.75. The summed E-state index contributed by atoms with van der Waals surface area (Å²) in [5.74, 6) is -0.267. The van der Waals surface area contributed by atoms with Crippen LogP contribution in [0.1, 0.15) is 24.0 Å². The van der Waals surface area contributed by atoms with Gasteiger partial charge in [0, 0.05) is 38.8 Å². The summed E-state index contributed by atoms with van der Waals surface area (Å²) in [6, 6.07) is 7.53. The normalized spacial score (nSPS) is 18.1. The Morgan fingerprint density at radius 2 is 1.77 bits per heavy atom. The number of nitro benzene ring substituents is 1. The second-order valence-corrected chi connectivity index (χ2v) is 10.2. The molecule has 0 amide bonds. The van der Waals surface area contributed by atoms with Crippen LogP contribution in [0.15, 0.2) is 41.2 Å². The molecule has 0 radical (unpaired) electrons. The summed E-state index contributed by atoms with van der Waals surface area (Å²) in [6.45, 7) is 3.71. The van der Waals surface area contributed by atoms with Crippen LogP contribution < -0.4 is 10.5 Å². The predicted molar refractivity (Wildman–Crippen MR) is 123 cm³/mol. The maximum Gasteiger partial charge on any atom is 0.416 e. The lowest BCUT2D eigenvalue weighted by Crippen LogP contribution is -2.59. The number of hydrogen-bond donors (Lipinski definition) is 0. The van der Waals surface area contributed by atoms with Crippen LogP contribution in [-0.4, -0.2) is 41.0 Å². The van der Waals surface area contributed by atoms with Gasteiger partial charge in [0.1, 0.15) is 10.5 Å². The average Bonchev–Trinajstić information content (AvgIpc) is 2.78. The SMILES string of the molecule is O=c1nc(N2CCC3(CC2)CN(Cc2ccc(F)cc2)C3)sc2c([N+](=O)[O-])cc(C(F)(F)F)cc12. The van der Waals surface area contributed by atoms with Crippen LogP contribution in [0.4, 0.5) is 28.4 Å². The molecule has 0 aliphatic carbocycles. The molecule has 0 saturated carbocycles. The Labute approximate surface area is 200 Å². The summed E-state index contributed by atoms with van der Waals surface area (Å²) in [4.78, 5) is 31.3. The van der Waals surface area contributed by atoms with E-state index in [2.05, 4.69) is 9.88 Å². The molecule has 2 saturated heterocycles. The van der Waals surface area contributed by atoms with Crippen LogP contribution >= 0.6 is 11.3 Å². The van der Waals surface area contributed by atoms with Gasteiger partial charge in [0.15, 0.2) is 5.13 Å². The third-order valence-corrected chi connectivity index (χ3v) is 7.91. The lowest BCUT2D eigenvalue weighted by Gasteiger charge is -2.54. The van der Waals surface area contributed by atoms with E-state index in [1.807, 2.05) is 4.90 Å². The Morgan fingerprint density at radius 3 is 2.37 bits per heavy atom. The number of alkyl halides is 3. The molecule has 5 rings (SSSR count). The van der Waals surface area contributed by atoms with Crippen LogP contribution in [0, 0.1) is 21.3 Å². The highest BCUT2D eigenvalue weighted by atomic mass is 32.1. The molecule has 7 nitrogen and oxygen atoms in total. The minimum absolute atomic E-state index is 0.104. The molecular weight excluding hydrogens is 488 g/mol. The number of likely N-dealkylation sites (tertiary alicyclic amines) is 1. The molecule has 2 aromatic carbocycles. The first kappa shape index (κ1) is 23.6. The Kier molecular flexibility index (Phi) is 5.75. The number of non-ortho nitro benzene ring substituents is 1. The van der Waals surface area contributed by atoms with Gasteiger partial charge in [-0.25, -0.2) is 4.39 Å². The van der Waals surface area contributed by atoms with E-state index >= 15 is 0 Å². The monoisotopic (exact) mass is 508 g/mol. The molecule has 184 valence electrons. The van der Waals surface area contributed by atoms with E-state index in [-0.39, 0.29) is 21.1 Å². The van der Waals surface area contributed by atoms with E-state index < -0.39 is 33.3 Å². The maximum atomic E-state index is 13.2. The van der Waals surface area contributed by atoms with E-state index in [4.69, 9.17) is 0 Å². The molecule has 3 heterocycles. The van der Waals surface area contributed by atoms with Gasteiger partial charge in [0.25, 0.3) is 11.2 Å². The average molecular weight is 508 g/mol. The van der Waals surface area contributed by atoms with Crippen LogP contribution in [0.2, 0.25) is 0 Å². The number of fused-ring (bicyclic) bond motifs is 1. The highest BCUT2D eigenvalue weighted by molar-refractivity contribution is 7.22. The van der Waals surface area contributed by atoms with E-state index in [0.717, 1.165) is 49.4 Å². The van der Waals surface area contributed by atoms with Gasteiger partial charge in [-0.2, -0.15) is 18.2 Å². The number of halogens is 4. The van der Waals surface area contributed by atoms with E-state index in [9.17, 15) is 32.5 Å². The number of rotatable bonds is 4. The van der Waals surface area contributed by atoms with Crippen molar-refractivity contribution in [2.45, 2.75) is 25.6 Å². The third kappa shape index (κ3) is 4.59. The Hall–Kier alpha value is -3.12. The molecule has 0 bridgehead atoms. The molecule has 0 unspecified atom stereocenters. The Balaban J connectivity index is 1.31. The van der Waals surface area contributed by atoms with E-state index in [1.54, 1.807) is 12.1 Å². The first-order chi connectivity index (χ1) is 16.5. The number of aromatic nitrogens is 1. The van der Waals surface area contributed by atoms with Crippen LogP contribution in [0.25, 0.3) is 10.1 Å². The van der Waals surface area contributed by atoms with Crippen molar-refractivity contribution in [2.75, 3.05) is 31.1 Å². The summed E-state index contributed by atoms with van der Waals surface area (Å²) in [6.07, 6.45) is -3.14. The lowest BCUT2D eigenvalue weighted by atomic mass is 9.72. The van der Waals surface area contributed by atoms with Crippen molar-refractivity contribution < 1.29 is 22.5 Å². The zero-order valence-corrected chi connectivity index (χ0v) is 19.2. The minimum atomic E-state index is -4.82. The summed E-state index contributed by atoms with van der Waals surface area (Å²) in [5.41, 5.74) is -1.72. The van der Waals surface area contributed by atoms with Gasteiger partial charge in [-0.3, -0.25) is 19.8 Å². The van der Waals surface area contributed by atoms with Crippen molar-refractivity contribution in [3.05, 3.63) is 73.8 Å². The van der Waals surface area contributed by atoms with Gasteiger partial charge in [0.2, 0.25) is 0 Å². The molecule has 2 aliphatic rings. The van der Waals surface area contributed by atoms with E-state index in [1.165, 1.54) is 12.1 Å². The number of anilines is 1. The van der Waals surface area contributed by atoms with Crippen molar-refractivity contribution in [3.8, 4) is 0 Å². The lowest BCUT2D eigenvalue weighted by molar-refractivity contribution is -0.383. The fourth-order valence-corrected chi connectivity index (χ4v) is 6.04. The summed E-state index contributed by atoms with van der Waals surface area (Å²) < 4.78 is 52.5. The zero-order chi connectivity index (χ0) is 25.0. The molecule has 0 N–H and O–H groups in total. The van der Waals surface area contributed by atoms with Gasteiger partial charge in [0.05, 0.1) is 15.9 Å². The van der Waals surface area contributed by atoms with E-state index in [0.29, 0.717) is 25.2 Å². The fraction of sp³-hybridized carbons (Fsp3) is 0.391. The second-order valence-electron chi connectivity index (χ2n) is 9.19. The smallest absolute Gasteiger partial charge is 0.348 e. The number of hydrogen-bond acceptors (Lipinski definition) is 7. The summed E-state index contributed by atoms with van der Waals surface area (Å²) in [7, 11) is 0. The highest BCUT2D eigenvalue weighted by Crippen LogP contribution is 2.43. The Morgan fingerprint density at radius 1 is 1.11 bits per heavy atom. The maximum absolute atomic E-state index is 13.2. The van der Waals surface area contributed by atoms with Gasteiger partial charge in [-0.05, 0) is 42.0 Å². The van der Waals surface area contributed by atoms with Gasteiger partial charge in [-0.1, -0.05) is 23.5 Å². The summed E-state index contributed by atoms with van der Waals surface area (Å²) >= 11 is 0.876. The number of piperidine rings is 1. The van der Waals surface area contributed by atoms with Crippen molar-refractivity contribution in [2.24, 2.45) is 5.41 Å². The van der Waals surface area contributed by atoms with Gasteiger partial charge >= 0.3 is 6.18 Å². The molecule has 0 atom stereocenters. The molecule has 2 aliphatic heterocycles. The van der Waals surface area contributed by atoms with Crippen LogP contribution in [0.5, 0.6) is 0 Å². The highest BCUT2D eigenvalue weighted by Gasteiger charge is 2.45. The molecule has 1 spiro atoms. The first-order valence-electron chi connectivity index (χ1n) is 11.0. The predicted octanol–water partition coefficient (Wildman–Crippen LogP) is 4.83. The molecule has 2 fully saturated rings. The van der Waals surface area contributed by atoms with Crippen LogP contribution in [-0.2, 0) is 12.7 Å². The Bertz CT molecular complexity index is 1340. The standard InChI is InChI=1S/C23H20F4N4O3S/c24-16-3-1-14(2-4-16)11-29-12-22(13-29)5-7-30(8-6-22)21-28-20(32)17-9-15(23(25,26)27)10-18(31(33)34)19(17)35-21/h1-4,9-10H,5-8,11-13H2. The number of nitrogens with zero attached hydrogens (tertiary/aromatic N) is 4. The fourth-order valence-electron chi connectivity index (χ4n) is 4.93. The van der Waals surface area contributed by atoms with Crippen molar-refractivity contribution in [1.82, 2.24) is 9.88 Å². The first-order valence-corrected chi connectivity index (χ1v) is 11.8. The molecule has 12 heteroatoms. The minimum Gasteiger partial charge on any atom is -0.348 e. The zero-order valence-electron chi connectivity index (χ0n) is 18.3. The van der Waals surface area contributed by atoms with Gasteiger partial charge < -0.3 is 4.90 Å². The topological polar surface area (TPSA) is 79.6 Å². The van der Waals surface area contributed by atoms with Crippen molar-refractivity contribution >= 4 is 32.2 Å². The second kappa shape index (κ2) is 8.52. The van der Waals surface area contributed by atoms with Crippen molar-refractivity contribution in [3.63, 3.8) is 0 Å². The number of nitro groups is 1. The molecule has 35 heavy (non-hydrogen) atoms.